The van der Waals surface area contributed by atoms with Gasteiger partial charge >= 0.3 is 0 Å². The minimum Gasteiger partial charge on any atom is -0.375 e. The van der Waals surface area contributed by atoms with E-state index in [1.54, 1.807) is 0 Å². The molecule has 2 saturated heterocycles. The van der Waals surface area contributed by atoms with E-state index in [9.17, 15) is 0 Å². The van der Waals surface area contributed by atoms with Crippen LogP contribution in [-0.4, -0.2) is 36.3 Å². The van der Waals surface area contributed by atoms with Gasteiger partial charge in [0.15, 0.2) is 0 Å². The van der Waals surface area contributed by atoms with Gasteiger partial charge in [0.05, 0.1) is 5.60 Å². The number of rotatable bonds is 3. The molecule has 0 aromatic rings. The number of hydrogen-bond donors (Lipinski definition) is 1. The first-order valence-electron chi connectivity index (χ1n) is 6.65. The first kappa shape index (κ1) is 12.7. The van der Waals surface area contributed by atoms with E-state index in [2.05, 4.69) is 30.9 Å². The molecular formula is C13H25NOS. The largest absolute Gasteiger partial charge is 0.375 e. The van der Waals surface area contributed by atoms with E-state index >= 15 is 0 Å². The van der Waals surface area contributed by atoms with E-state index < -0.39 is 0 Å². The van der Waals surface area contributed by atoms with Gasteiger partial charge in [-0.1, -0.05) is 13.8 Å². The van der Waals surface area contributed by atoms with Crippen molar-refractivity contribution in [3.8, 4) is 0 Å². The lowest BCUT2D eigenvalue weighted by atomic mass is 9.85. The molecule has 2 nitrogen and oxygen atoms in total. The minimum absolute atomic E-state index is 0.234. The Hall–Kier alpha value is 0.270. The maximum absolute atomic E-state index is 6.09. The summed E-state index contributed by atoms with van der Waals surface area (Å²) in [6, 6.07) is 0.694. The Morgan fingerprint density at radius 2 is 2.12 bits per heavy atom. The van der Waals surface area contributed by atoms with Crippen LogP contribution in [0.25, 0.3) is 0 Å². The topological polar surface area (TPSA) is 21.3 Å². The molecule has 0 bridgehead atoms. The molecule has 2 rings (SSSR count). The highest BCUT2D eigenvalue weighted by molar-refractivity contribution is 7.99. The third-order valence-corrected chi connectivity index (χ3v) is 4.70. The van der Waals surface area contributed by atoms with Crippen LogP contribution >= 0.6 is 11.8 Å². The Labute approximate surface area is 104 Å². The standard InChI is InChI=1S/C13H25NOS/c1-11(2)10-14-12-3-6-15-13(9-12)4-7-16-8-5-13/h11-12,14H,3-10H2,1-2H3. The zero-order chi connectivity index (χ0) is 11.4. The second kappa shape index (κ2) is 5.74. The average molecular weight is 243 g/mol. The van der Waals surface area contributed by atoms with Crippen LogP contribution in [0.2, 0.25) is 0 Å². The van der Waals surface area contributed by atoms with E-state index in [0.29, 0.717) is 6.04 Å². The van der Waals surface area contributed by atoms with Gasteiger partial charge in [0.1, 0.15) is 0 Å². The van der Waals surface area contributed by atoms with Gasteiger partial charge in [-0.15, -0.1) is 0 Å². The zero-order valence-electron chi connectivity index (χ0n) is 10.6. The fourth-order valence-corrected chi connectivity index (χ4v) is 3.93. The predicted molar refractivity (Wildman–Crippen MR) is 71.1 cm³/mol. The third-order valence-electron chi connectivity index (χ3n) is 3.71. The van der Waals surface area contributed by atoms with Crippen molar-refractivity contribution in [3.63, 3.8) is 0 Å². The molecule has 0 aromatic carbocycles. The molecule has 2 heterocycles. The number of nitrogens with one attached hydrogen (secondary N) is 1. The van der Waals surface area contributed by atoms with Crippen LogP contribution < -0.4 is 5.32 Å². The summed E-state index contributed by atoms with van der Waals surface area (Å²) in [5, 5.41) is 3.71. The van der Waals surface area contributed by atoms with Crippen molar-refractivity contribution in [1.82, 2.24) is 5.32 Å². The van der Waals surface area contributed by atoms with Crippen molar-refractivity contribution in [2.75, 3.05) is 24.7 Å². The molecule has 2 fully saturated rings. The monoisotopic (exact) mass is 243 g/mol. The maximum Gasteiger partial charge on any atom is 0.0713 e. The second-order valence-corrected chi connectivity index (χ2v) is 6.86. The summed E-state index contributed by atoms with van der Waals surface area (Å²) in [6.45, 7) is 6.66. The highest BCUT2D eigenvalue weighted by Crippen LogP contribution is 2.37. The van der Waals surface area contributed by atoms with Gasteiger partial charge in [0, 0.05) is 12.6 Å². The molecule has 1 spiro atoms. The van der Waals surface area contributed by atoms with Crippen LogP contribution in [0.15, 0.2) is 0 Å². The molecule has 2 aliphatic rings. The van der Waals surface area contributed by atoms with Gasteiger partial charge in [0.25, 0.3) is 0 Å². The van der Waals surface area contributed by atoms with Gasteiger partial charge in [-0.2, -0.15) is 11.8 Å². The molecule has 0 aromatic heterocycles. The molecule has 16 heavy (non-hydrogen) atoms. The van der Waals surface area contributed by atoms with Gasteiger partial charge in [-0.3, -0.25) is 0 Å². The molecule has 0 radical (unpaired) electrons. The van der Waals surface area contributed by atoms with Crippen LogP contribution in [0.3, 0.4) is 0 Å². The fraction of sp³-hybridized carbons (Fsp3) is 1.00. The van der Waals surface area contributed by atoms with E-state index in [0.717, 1.165) is 19.1 Å². The molecule has 0 saturated carbocycles. The number of ether oxygens (including phenoxy) is 1. The summed E-state index contributed by atoms with van der Waals surface area (Å²) < 4.78 is 6.09. The number of thioether (sulfide) groups is 1. The van der Waals surface area contributed by atoms with Crippen molar-refractivity contribution < 1.29 is 4.74 Å². The smallest absolute Gasteiger partial charge is 0.0713 e. The first-order valence-corrected chi connectivity index (χ1v) is 7.81. The third kappa shape index (κ3) is 3.38. The molecule has 0 aliphatic carbocycles. The lowest BCUT2D eigenvalue weighted by molar-refractivity contribution is -0.0933. The zero-order valence-corrected chi connectivity index (χ0v) is 11.4. The molecule has 94 valence electrons. The highest BCUT2D eigenvalue weighted by Gasteiger charge is 2.38. The van der Waals surface area contributed by atoms with Crippen molar-refractivity contribution in [3.05, 3.63) is 0 Å². The summed E-state index contributed by atoms with van der Waals surface area (Å²) in [4.78, 5) is 0. The average Bonchev–Trinajstić information content (AvgIpc) is 2.28. The van der Waals surface area contributed by atoms with Crippen molar-refractivity contribution in [2.45, 2.75) is 51.2 Å². The van der Waals surface area contributed by atoms with Crippen LogP contribution in [0.4, 0.5) is 0 Å². The Kier molecular flexibility index (Phi) is 4.57. The summed E-state index contributed by atoms with van der Waals surface area (Å²) in [5.74, 6) is 3.33. The van der Waals surface area contributed by atoms with E-state index in [-0.39, 0.29) is 5.60 Å². The summed E-state index contributed by atoms with van der Waals surface area (Å²) in [7, 11) is 0. The van der Waals surface area contributed by atoms with E-state index in [4.69, 9.17) is 4.74 Å². The van der Waals surface area contributed by atoms with Gasteiger partial charge < -0.3 is 10.1 Å². The summed E-state index contributed by atoms with van der Waals surface area (Å²) in [5.41, 5.74) is 0.234. The van der Waals surface area contributed by atoms with Crippen molar-refractivity contribution >= 4 is 11.8 Å². The minimum atomic E-state index is 0.234. The van der Waals surface area contributed by atoms with Crippen LogP contribution in [0, 0.1) is 5.92 Å². The van der Waals surface area contributed by atoms with Crippen LogP contribution in [0.5, 0.6) is 0 Å². The lowest BCUT2D eigenvalue weighted by Gasteiger charge is -2.43. The molecule has 1 unspecified atom stereocenters. The van der Waals surface area contributed by atoms with Crippen molar-refractivity contribution in [1.29, 1.82) is 0 Å². The molecular weight excluding hydrogens is 218 g/mol. The fourth-order valence-electron chi connectivity index (χ4n) is 2.70. The normalized spacial score (nSPS) is 29.8. The lowest BCUT2D eigenvalue weighted by Crippen LogP contribution is -2.49. The number of hydrogen-bond acceptors (Lipinski definition) is 3. The summed E-state index contributed by atoms with van der Waals surface area (Å²) in [6.07, 6.45) is 4.96. The first-order chi connectivity index (χ1) is 7.70. The highest BCUT2D eigenvalue weighted by atomic mass is 32.2. The Morgan fingerprint density at radius 1 is 1.38 bits per heavy atom. The predicted octanol–water partition coefficient (Wildman–Crippen LogP) is 2.68. The molecule has 0 amide bonds. The summed E-state index contributed by atoms with van der Waals surface area (Å²) >= 11 is 2.08. The van der Waals surface area contributed by atoms with Crippen molar-refractivity contribution in [2.24, 2.45) is 5.92 Å². The van der Waals surface area contributed by atoms with E-state index in [1.165, 1.54) is 37.2 Å². The Bertz CT molecular complexity index is 208. The van der Waals surface area contributed by atoms with Crippen LogP contribution in [-0.2, 0) is 4.74 Å². The van der Waals surface area contributed by atoms with Crippen LogP contribution in [0.1, 0.15) is 39.5 Å². The SMILES string of the molecule is CC(C)CNC1CCOC2(CCSCC2)C1. The van der Waals surface area contributed by atoms with Gasteiger partial charge in [-0.05, 0) is 49.7 Å². The van der Waals surface area contributed by atoms with Gasteiger partial charge in [0.2, 0.25) is 0 Å². The Morgan fingerprint density at radius 3 is 2.81 bits per heavy atom. The molecule has 1 N–H and O–H groups in total. The molecule has 2 aliphatic heterocycles. The Balaban J connectivity index is 1.83. The maximum atomic E-state index is 6.09. The second-order valence-electron chi connectivity index (χ2n) is 5.64. The van der Waals surface area contributed by atoms with E-state index in [1.807, 2.05) is 0 Å². The quantitative estimate of drug-likeness (QED) is 0.823. The van der Waals surface area contributed by atoms with Gasteiger partial charge in [-0.25, -0.2) is 0 Å². The molecule has 3 heteroatoms. The molecule has 1 atom stereocenters.